The third kappa shape index (κ3) is 5.54. The van der Waals surface area contributed by atoms with Gasteiger partial charge in [0.05, 0.1) is 23.9 Å². The van der Waals surface area contributed by atoms with E-state index in [1.165, 1.54) is 40.5 Å². The van der Waals surface area contributed by atoms with Crippen LogP contribution >= 0.6 is 11.3 Å². The molecule has 0 bridgehead atoms. The molecule has 0 spiro atoms. The molecule has 12 heteroatoms. The number of rotatable bonds is 7. The van der Waals surface area contributed by atoms with Crippen molar-refractivity contribution in [2.45, 2.75) is 44.4 Å². The standard InChI is InChI=1S/C29H31N3O7S2/c1-29(2,3)38-28(34)32-22-8-7-17(15-31(4)5)11-18(22)12-23(32)20-13-24(37-6)26(21-14-30-27(33)25(20)21)39-41(35,36)19-9-10-40-16-19/h7-13,16H,14-15H2,1-6H3,(H,30,33). The van der Waals surface area contributed by atoms with Gasteiger partial charge in [-0.05, 0) is 76.1 Å². The number of hydrogen-bond acceptors (Lipinski definition) is 9. The van der Waals surface area contributed by atoms with Crippen LogP contribution in [-0.2, 0) is 27.9 Å². The van der Waals surface area contributed by atoms with E-state index in [1.807, 2.05) is 43.3 Å². The quantitative estimate of drug-likeness (QED) is 0.288. The summed E-state index contributed by atoms with van der Waals surface area (Å²) in [5.74, 6) is -0.405. The van der Waals surface area contributed by atoms with Crippen LogP contribution in [0.1, 0.15) is 42.3 Å². The summed E-state index contributed by atoms with van der Waals surface area (Å²) in [5.41, 5.74) is 2.15. The first-order chi connectivity index (χ1) is 19.3. The number of methoxy groups -OCH3 is 1. The molecule has 1 aliphatic heterocycles. The molecule has 41 heavy (non-hydrogen) atoms. The van der Waals surface area contributed by atoms with Gasteiger partial charge in [0.2, 0.25) is 0 Å². The van der Waals surface area contributed by atoms with Crippen LogP contribution in [0, 0.1) is 0 Å². The molecule has 3 heterocycles. The molecule has 1 N–H and O–H groups in total. The maximum absolute atomic E-state index is 13.6. The van der Waals surface area contributed by atoms with E-state index in [0.29, 0.717) is 28.9 Å². The zero-order valence-corrected chi connectivity index (χ0v) is 25.2. The van der Waals surface area contributed by atoms with Gasteiger partial charge in [0.15, 0.2) is 11.5 Å². The highest BCUT2D eigenvalue weighted by Crippen LogP contribution is 2.44. The second-order valence-corrected chi connectivity index (χ2v) is 13.3. The summed E-state index contributed by atoms with van der Waals surface area (Å²) in [6.45, 7) is 6.05. The fourth-order valence-electron chi connectivity index (χ4n) is 4.81. The lowest BCUT2D eigenvalue weighted by molar-refractivity contribution is 0.0546. The third-order valence-electron chi connectivity index (χ3n) is 6.41. The van der Waals surface area contributed by atoms with Crippen molar-refractivity contribution in [2.75, 3.05) is 21.2 Å². The smallest absolute Gasteiger partial charge is 0.419 e. The van der Waals surface area contributed by atoms with Crippen LogP contribution in [-0.4, -0.2) is 56.7 Å². The maximum Gasteiger partial charge on any atom is 0.419 e. The number of amides is 1. The summed E-state index contributed by atoms with van der Waals surface area (Å²) in [5, 5.41) is 6.63. The Bertz CT molecular complexity index is 1770. The van der Waals surface area contributed by atoms with Gasteiger partial charge in [0.25, 0.3) is 5.91 Å². The molecule has 2 aromatic heterocycles. The van der Waals surface area contributed by atoms with E-state index in [0.717, 1.165) is 10.9 Å². The number of carbonyl (C=O) groups excluding carboxylic acids is 2. The third-order valence-corrected chi connectivity index (χ3v) is 8.46. The summed E-state index contributed by atoms with van der Waals surface area (Å²) in [6.07, 6.45) is -0.616. The maximum atomic E-state index is 13.6. The average molecular weight is 598 g/mol. The van der Waals surface area contributed by atoms with Crippen LogP contribution in [0.5, 0.6) is 11.5 Å². The van der Waals surface area contributed by atoms with Crippen molar-refractivity contribution in [3.8, 4) is 22.8 Å². The number of carbonyl (C=O) groups is 2. The Kier molecular flexibility index (Phi) is 7.35. The zero-order chi connectivity index (χ0) is 29.7. The Balaban J connectivity index is 1.75. The molecule has 10 nitrogen and oxygen atoms in total. The molecule has 0 saturated heterocycles. The molecule has 0 radical (unpaired) electrons. The first kappa shape index (κ1) is 28.7. The van der Waals surface area contributed by atoms with E-state index in [9.17, 15) is 18.0 Å². The van der Waals surface area contributed by atoms with Gasteiger partial charge in [-0.3, -0.25) is 4.79 Å². The summed E-state index contributed by atoms with van der Waals surface area (Å²) in [7, 11) is 1.14. The molecular weight excluding hydrogens is 566 g/mol. The number of nitrogens with one attached hydrogen (secondary N) is 1. The van der Waals surface area contributed by atoms with Crippen LogP contribution in [0.15, 0.2) is 52.1 Å². The molecule has 0 fully saturated rings. The van der Waals surface area contributed by atoms with Crippen LogP contribution in [0.25, 0.3) is 22.2 Å². The van der Waals surface area contributed by atoms with E-state index < -0.39 is 27.7 Å². The number of ether oxygens (including phenoxy) is 2. The second-order valence-electron chi connectivity index (χ2n) is 11.0. The van der Waals surface area contributed by atoms with Gasteiger partial charge in [0, 0.05) is 35.0 Å². The molecule has 0 unspecified atom stereocenters. The van der Waals surface area contributed by atoms with Crippen LogP contribution in [0.4, 0.5) is 4.79 Å². The molecule has 0 atom stereocenters. The van der Waals surface area contributed by atoms with Crippen molar-refractivity contribution >= 4 is 44.4 Å². The van der Waals surface area contributed by atoms with Crippen molar-refractivity contribution in [3.63, 3.8) is 0 Å². The van der Waals surface area contributed by atoms with E-state index in [2.05, 4.69) is 5.32 Å². The molecule has 2 aromatic carbocycles. The van der Waals surface area contributed by atoms with Crippen molar-refractivity contribution in [3.05, 3.63) is 63.8 Å². The highest BCUT2D eigenvalue weighted by atomic mass is 32.2. The molecule has 4 aromatic rings. The minimum Gasteiger partial charge on any atom is -0.493 e. The normalized spacial score (nSPS) is 13.4. The topological polar surface area (TPSA) is 116 Å². The molecule has 1 amide bonds. The second kappa shape index (κ2) is 10.5. The molecule has 216 valence electrons. The minimum absolute atomic E-state index is 0.00163. The summed E-state index contributed by atoms with van der Waals surface area (Å²) >= 11 is 1.22. The van der Waals surface area contributed by atoms with Gasteiger partial charge in [0.1, 0.15) is 10.5 Å². The fraction of sp³-hybridized carbons (Fsp3) is 0.310. The summed E-state index contributed by atoms with van der Waals surface area (Å²) in [6, 6.07) is 10.6. The van der Waals surface area contributed by atoms with Gasteiger partial charge >= 0.3 is 16.2 Å². The molecular formula is C29H31N3O7S2. The lowest BCUT2D eigenvalue weighted by Crippen LogP contribution is -2.27. The number of aromatic nitrogens is 1. The van der Waals surface area contributed by atoms with Crippen molar-refractivity contribution < 1.29 is 31.7 Å². The first-order valence-electron chi connectivity index (χ1n) is 12.8. The highest BCUT2D eigenvalue weighted by molar-refractivity contribution is 7.87. The summed E-state index contributed by atoms with van der Waals surface area (Å²) < 4.78 is 44.4. The van der Waals surface area contributed by atoms with Gasteiger partial charge in [-0.2, -0.15) is 19.8 Å². The van der Waals surface area contributed by atoms with Crippen LogP contribution < -0.4 is 14.2 Å². The molecule has 0 saturated carbocycles. The Morgan fingerprint density at radius 1 is 1.15 bits per heavy atom. The fourth-order valence-corrected chi connectivity index (χ4v) is 6.78. The van der Waals surface area contributed by atoms with Gasteiger partial charge in [-0.15, -0.1) is 0 Å². The van der Waals surface area contributed by atoms with Crippen LogP contribution in [0.2, 0.25) is 0 Å². The number of thiophene rings is 1. The predicted octanol–water partition coefficient (Wildman–Crippen LogP) is 5.23. The predicted molar refractivity (Wildman–Crippen MR) is 156 cm³/mol. The monoisotopic (exact) mass is 597 g/mol. The Labute approximate surface area is 242 Å². The van der Waals surface area contributed by atoms with Crippen molar-refractivity contribution in [1.82, 2.24) is 14.8 Å². The zero-order valence-electron chi connectivity index (χ0n) is 23.6. The molecule has 1 aliphatic rings. The average Bonchev–Trinajstić information content (AvgIpc) is 3.62. The van der Waals surface area contributed by atoms with Gasteiger partial charge < -0.3 is 23.9 Å². The van der Waals surface area contributed by atoms with Gasteiger partial charge in [-0.1, -0.05) is 6.07 Å². The highest BCUT2D eigenvalue weighted by Gasteiger charge is 2.35. The largest absolute Gasteiger partial charge is 0.493 e. The van der Waals surface area contributed by atoms with E-state index >= 15 is 0 Å². The number of benzene rings is 2. The SMILES string of the molecule is COc1cc(-c2cc3cc(CN(C)C)ccc3n2C(=O)OC(C)(C)C)c2c(c1OS(=O)(=O)c1ccsc1)CNC2=O. The van der Waals surface area contributed by atoms with Gasteiger partial charge in [-0.25, -0.2) is 9.36 Å². The first-order valence-corrected chi connectivity index (χ1v) is 15.2. The lowest BCUT2D eigenvalue weighted by atomic mass is 9.98. The van der Waals surface area contributed by atoms with Crippen LogP contribution in [0.3, 0.4) is 0 Å². The van der Waals surface area contributed by atoms with Crippen molar-refractivity contribution in [2.24, 2.45) is 0 Å². The Hall–Kier alpha value is -3.87. The Morgan fingerprint density at radius 2 is 1.90 bits per heavy atom. The summed E-state index contributed by atoms with van der Waals surface area (Å²) in [4.78, 5) is 28.9. The van der Waals surface area contributed by atoms with Crippen molar-refractivity contribution in [1.29, 1.82) is 0 Å². The minimum atomic E-state index is -4.19. The molecule has 0 aliphatic carbocycles. The van der Waals surface area contributed by atoms with E-state index in [4.69, 9.17) is 13.7 Å². The Morgan fingerprint density at radius 3 is 2.54 bits per heavy atom. The number of hydrogen-bond donors (Lipinski definition) is 1. The number of fused-ring (bicyclic) bond motifs is 2. The van der Waals surface area contributed by atoms with E-state index in [1.54, 1.807) is 26.2 Å². The van der Waals surface area contributed by atoms with E-state index in [-0.39, 0.29) is 28.5 Å². The number of nitrogens with zero attached hydrogens (tertiary/aromatic N) is 2. The lowest BCUT2D eigenvalue weighted by Gasteiger charge is -2.22. The molecule has 5 rings (SSSR count).